The van der Waals surface area contributed by atoms with E-state index in [4.69, 9.17) is 4.74 Å². The van der Waals surface area contributed by atoms with Crippen LogP contribution in [0.25, 0.3) is 0 Å². The van der Waals surface area contributed by atoms with E-state index in [1.165, 1.54) is 20.1 Å². The molecule has 2 N–H and O–H groups in total. The zero-order chi connectivity index (χ0) is 16.0. The molecule has 0 saturated heterocycles. The fraction of sp³-hybridized carbons (Fsp3) is 0.500. The summed E-state index contributed by atoms with van der Waals surface area (Å²) >= 11 is 1.00. The van der Waals surface area contributed by atoms with E-state index in [-0.39, 0.29) is 23.1 Å². The average Bonchev–Trinajstić information content (AvgIpc) is 2.45. The number of rotatable bonds is 7. The molecule has 0 amide bonds. The number of carbonyl (C=O) groups is 1. The van der Waals surface area contributed by atoms with Gasteiger partial charge in [0.05, 0.1) is 18.1 Å². The second-order valence-electron chi connectivity index (χ2n) is 4.16. The summed E-state index contributed by atoms with van der Waals surface area (Å²) < 4.78 is 4.86. The molecule has 9 heteroatoms. The van der Waals surface area contributed by atoms with Gasteiger partial charge in [-0.15, -0.1) is 0 Å². The van der Waals surface area contributed by atoms with Crippen molar-refractivity contribution >= 4 is 22.6 Å². The molecule has 1 aromatic rings. The summed E-state index contributed by atoms with van der Waals surface area (Å²) in [6.07, 6.45) is -2.70. The first kappa shape index (κ1) is 17.3. The van der Waals surface area contributed by atoms with Crippen LogP contribution in [0.3, 0.4) is 0 Å². The summed E-state index contributed by atoms with van der Waals surface area (Å²) in [7, 11) is 1.34. The fourth-order valence-corrected chi connectivity index (χ4v) is 2.24. The van der Waals surface area contributed by atoms with Gasteiger partial charge in [-0.1, -0.05) is 11.8 Å². The summed E-state index contributed by atoms with van der Waals surface area (Å²) in [5.74, 6) is 0.394. The number of aromatic nitrogens is 1. The van der Waals surface area contributed by atoms with E-state index in [1.54, 1.807) is 0 Å². The van der Waals surface area contributed by atoms with Gasteiger partial charge in [0.25, 0.3) is 5.69 Å². The standard InChI is InChI=1S/C12H16N2O6S/c1-7(15)21-6-5-9(16)12(17)11-8(14(18)19)3-4-10(13-11)20-2/h3-4,9,12,16-17H,5-6H2,1-2H3. The molecule has 0 aliphatic heterocycles. The van der Waals surface area contributed by atoms with E-state index in [0.29, 0.717) is 5.75 Å². The smallest absolute Gasteiger partial charge is 0.293 e. The summed E-state index contributed by atoms with van der Waals surface area (Å²) in [6, 6.07) is 2.45. The topological polar surface area (TPSA) is 123 Å². The summed E-state index contributed by atoms with van der Waals surface area (Å²) in [5, 5.41) is 30.7. The molecule has 2 unspecified atom stereocenters. The van der Waals surface area contributed by atoms with E-state index in [9.17, 15) is 25.1 Å². The van der Waals surface area contributed by atoms with Gasteiger partial charge in [-0.05, 0) is 6.42 Å². The van der Waals surface area contributed by atoms with Crippen molar-refractivity contribution in [3.05, 3.63) is 27.9 Å². The molecule has 8 nitrogen and oxygen atoms in total. The molecule has 0 radical (unpaired) electrons. The Kier molecular flexibility index (Phi) is 6.53. The van der Waals surface area contributed by atoms with Crippen molar-refractivity contribution in [2.45, 2.75) is 25.6 Å². The van der Waals surface area contributed by atoms with Gasteiger partial charge in [0, 0.05) is 24.8 Å². The maximum Gasteiger partial charge on any atom is 0.293 e. The minimum Gasteiger partial charge on any atom is -0.481 e. The van der Waals surface area contributed by atoms with Crippen LogP contribution < -0.4 is 4.74 Å². The number of aliphatic hydroxyl groups is 2. The zero-order valence-electron chi connectivity index (χ0n) is 11.6. The molecule has 0 bridgehead atoms. The highest BCUT2D eigenvalue weighted by molar-refractivity contribution is 8.13. The average molecular weight is 316 g/mol. The molecule has 0 fully saturated rings. The zero-order valence-corrected chi connectivity index (χ0v) is 12.4. The first-order valence-corrected chi connectivity index (χ1v) is 7.04. The third-order valence-electron chi connectivity index (χ3n) is 2.65. The van der Waals surface area contributed by atoms with Gasteiger partial charge in [0.2, 0.25) is 5.88 Å². The Morgan fingerprint density at radius 1 is 1.52 bits per heavy atom. The lowest BCUT2D eigenvalue weighted by atomic mass is 10.1. The van der Waals surface area contributed by atoms with Crippen LogP contribution in [-0.4, -0.2) is 44.2 Å². The Hall–Kier alpha value is -1.71. The summed E-state index contributed by atoms with van der Waals surface area (Å²) in [4.78, 5) is 24.9. The lowest BCUT2D eigenvalue weighted by Crippen LogP contribution is -2.21. The van der Waals surface area contributed by atoms with Gasteiger partial charge in [0.1, 0.15) is 6.10 Å². The SMILES string of the molecule is COc1ccc([N+](=O)[O-])c(C(O)C(O)CCSC(C)=O)n1. The molecule has 21 heavy (non-hydrogen) atoms. The first-order chi connectivity index (χ1) is 9.86. The quantitative estimate of drug-likeness (QED) is 0.565. The van der Waals surface area contributed by atoms with Crippen molar-refractivity contribution < 1.29 is 24.7 Å². The Morgan fingerprint density at radius 2 is 2.19 bits per heavy atom. The Morgan fingerprint density at radius 3 is 2.71 bits per heavy atom. The number of hydrogen-bond donors (Lipinski definition) is 2. The molecule has 0 spiro atoms. The molecule has 0 saturated carbocycles. The fourth-order valence-electron chi connectivity index (χ4n) is 1.60. The molecule has 116 valence electrons. The molecule has 1 heterocycles. The maximum absolute atomic E-state index is 10.9. The summed E-state index contributed by atoms with van der Waals surface area (Å²) in [5.41, 5.74) is -0.666. The second kappa shape index (κ2) is 7.91. The molecular formula is C12H16N2O6S. The highest BCUT2D eigenvalue weighted by atomic mass is 32.2. The molecule has 1 aromatic heterocycles. The van der Waals surface area contributed by atoms with Crippen molar-refractivity contribution in [2.75, 3.05) is 12.9 Å². The molecule has 0 aromatic carbocycles. The second-order valence-corrected chi connectivity index (χ2v) is 5.43. The number of nitrogens with zero attached hydrogens (tertiary/aromatic N) is 2. The van der Waals surface area contributed by atoms with Crippen LogP contribution in [0.5, 0.6) is 5.88 Å². The van der Waals surface area contributed by atoms with Crippen LogP contribution >= 0.6 is 11.8 Å². The van der Waals surface area contributed by atoms with Crippen LogP contribution in [0, 0.1) is 10.1 Å². The van der Waals surface area contributed by atoms with E-state index in [1.807, 2.05) is 0 Å². The molecule has 0 aliphatic rings. The third-order valence-corrected chi connectivity index (χ3v) is 3.49. The number of thioether (sulfide) groups is 1. The highest BCUT2D eigenvalue weighted by Gasteiger charge is 2.28. The van der Waals surface area contributed by atoms with Gasteiger partial charge in [-0.2, -0.15) is 0 Å². The molecule has 0 aliphatic carbocycles. The monoisotopic (exact) mass is 316 g/mol. The Bertz CT molecular complexity index is 524. The van der Waals surface area contributed by atoms with Gasteiger partial charge in [-0.25, -0.2) is 4.98 Å². The molecule has 2 atom stereocenters. The van der Waals surface area contributed by atoms with Crippen molar-refractivity contribution in [1.29, 1.82) is 0 Å². The minimum atomic E-state index is -1.53. The van der Waals surface area contributed by atoms with Crippen molar-refractivity contribution in [2.24, 2.45) is 0 Å². The lowest BCUT2D eigenvalue weighted by molar-refractivity contribution is -0.386. The summed E-state index contributed by atoms with van der Waals surface area (Å²) in [6.45, 7) is 1.39. The number of carbonyl (C=O) groups excluding carboxylic acids is 1. The third kappa shape index (κ3) is 4.96. The van der Waals surface area contributed by atoms with Crippen LogP contribution in [-0.2, 0) is 4.79 Å². The largest absolute Gasteiger partial charge is 0.481 e. The van der Waals surface area contributed by atoms with Crippen molar-refractivity contribution in [3.63, 3.8) is 0 Å². The van der Waals surface area contributed by atoms with Crippen molar-refractivity contribution in [3.8, 4) is 5.88 Å². The van der Waals surface area contributed by atoms with E-state index >= 15 is 0 Å². The minimum absolute atomic E-state index is 0.0972. The number of aliphatic hydroxyl groups excluding tert-OH is 2. The van der Waals surface area contributed by atoms with Gasteiger partial charge < -0.3 is 14.9 Å². The predicted octanol–water partition coefficient (Wildman–Crippen LogP) is 1.06. The molecular weight excluding hydrogens is 300 g/mol. The van der Waals surface area contributed by atoms with Crippen LogP contribution in [0.15, 0.2) is 12.1 Å². The van der Waals surface area contributed by atoms with Crippen LogP contribution in [0.2, 0.25) is 0 Å². The number of pyridine rings is 1. The number of ether oxygens (including phenoxy) is 1. The van der Waals surface area contributed by atoms with Crippen LogP contribution in [0.1, 0.15) is 25.1 Å². The Balaban J connectivity index is 2.90. The van der Waals surface area contributed by atoms with Crippen LogP contribution in [0.4, 0.5) is 5.69 Å². The Labute approximate surface area is 125 Å². The first-order valence-electron chi connectivity index (χ1n) is 6.05. The van der Waals surface area contributed by atoms with Gasteiger partial charge in [0.15, 0.2) is 10.8 Å². The maximum atomic E-state index is 10.9. The molecule has 1 rings (SSSR count). The number of nitro groups is 1. The highest BCUT2D eigenvalue weighted by Crippen LogP contribution is 2.29. The van der Waals surface area contributed by atoms with Gasteiger partial charge >= 0.3 is 0 Å². The number of hydrogen-bond acceptors (Lipinski definition) is 8. The number of methoxy groups -OCH3 is 1. The van der Waals surface area contributed by atoms with E-state index < -0.39 is 22.8 Å². The van der Waals surface area contributed by atoms with E-state index in [0.717, 1.165) is 17.8 Å². The van der Waals surface area contributed by atoms with Crippen molar-refractivity contribution in [1.82, 2.24) is 4.98 Å². The van der Waals surface area contributed by atoms with Gasteiger partial charge in [-0.3, -0.25) is 14.9 Å². The lowest BCUT2D eigenvalue weighted by Gasteiger charge is -2.17. The van der Waals surface area contributed by atoms with E-state index in [2.05, 4.69) is 4.98 Å². The normalized spacial score (nSPS) is 13.5. The predicted molar refractivity (Wildman–Crippen MR) is 76.2 cm³/mol.